The van der Waals surface area contributed by atoms with Crippen LogP contribution in [0.2, 0.25) is 0 Å². The summed E-state index contributed by atoms with van der Waals surface area (Å²) < 4.78 is 31.3. The normalized spacial score (nSPS) is 18.6. The van der Waals surface area contributed by atoms with Gasteiger partial charge in [-0.1, -0.05) is 18.2 Å². The first-order valence-electron chi connectivity index (χ1n) is 4.96. The molecule has 1 aromatic rings. The molecule has 0 bridgehead atoms. The van der Waals surface area contributed by atoms with E-state index in [0.29, 0.717) is 5.56 Å². The van der Waals surface area contributed by atoms with Crippen molar-refractivity contribution in [1.29, 1.82) is 5.26 Å². The monoisotopic (exact) mass is 223 g/mol. The lowest BCUT2D eigenvalue weighted by molar-refractivity contribution is -0.0303. The first-order valence-corrected chi connectivity index (χ1v) is 4.96. The summed E-state index contributed by atoms with van der Waals surface area (Å²) in [5, 5.41) is 9.07. The van der Waals surface area contributed by atoms with Crippen molar-refractivity contribution in [3.8, 4) is 6.07 Å². The van der Waals surface area contributed by atoms with Gasteiger partial charge in [-0.05, 0) is 11.6 Å². The molecule has 0 amide bonds. The third-order valence-electron chi connectivity index (χ3n) is 2.83. The lowest BCUT2D eigenvalue weighted by Crippen LogP contribution is -2.45. The van der Waals surface area contributed by atoms with Gasteiger partial charge in [0.1, 0.15) is 5.41 Å². The Hall–Kier alpha value is -1.47. The predicted molar refractivity (Wildman–Crippen MR) is 54.1 cm³/mol. The fourth-order valence-corrected chi connectivity index (χ4v) is 1.69. The molecule has 1 aromatic carbocycles. The van der Waals surface area contributed by atoms with E-state index in [1.54, 1.807) is 12.1 Å². The summed E-state index contributed by atoms with van der Waals surface area (Å²) in [6, 6.07) is 8.15. The minimum atomic E-state index is -2.88. The van der Waals surface area contributed by atoms with Gasteiger partial charge >= 0.3 is 0 Å². The number of ether oxygens (including phenoxy) is 1. The average Bonchev–Trinajstić information content (AvgIpc) is 2.16. The molecule has 0 aromatic heterocycles. The molecule has 0 N–H and O–H groups in total. The van der Waals surface area contributed by atoms with Crippen LogP contribution in [-0.2, 0) is 16.1 Å². The zero-order valence-corrected chi connectivity index (χ0v) is 8.84. The van der Waals surface area contributed by atoms with Gasteiger partial charge in [-0.2, -0.15) is 5.26 Å². The Bertz CT molecular complexity index is 441. The van der Waals surface area contributed by atoms with Crippen LogP contribution < -0.4 is 0 Å². The largest absolute Gasteiger partial charge is 0.377 e. The molecule has 0 atom stereocenters. The highest BCUT2D eigenvalue weighted by Gasteiger charge is 2.41. The second kappa shape index (κ2) is 3.53. The maximum absolute atomic E-state index is 13.1. The van der Waals surface area contributed by atoms with E-state index < -0.39 is 11.3 Å². The molecule has 0 spiro atoms. The molecule has 84 valence electrons. The van der Waals surface area contributed by atoms with Crippen LogP contribution >= 0.6 is 0 Å². The molecular weight excluding hydrogens is 212 g/mol. The SMILES string of the molecule is CC(F)(F)c1cccc(C2(C#N)COC2)c1. The molecule has 16 heavy (non-hydrogen) atoms. The van der Waals surface area contributed by atoms with Gasteiger partial charge in [0, 0.05) is 12.5 Å². The standard InChI is InChI=1S/C12H11F2NO/c1-11(13,14)9-3-2-4-10(5-9)12(6-15)7-16-8-12/h2-5H,7-8H2,1H3. The quantitative estimate of drug-likeness (QED) is 0.772. The van der Waals surface area contributed by atoms with Crippen LogP contribution in [0.15, 0.2) is 24.3 Å². The molecule has 1 heterocycles. The van der Waals surface area contributed by atoms with E-state index >= 15 is 0 Å². The second-order valence-electron chi connectivity index (χ2n) is 4.16. The summed E-state index contributed by atoms with van der Waals surface area (Å²) >= 11 is 0. The topological polar surface area (TPSA) is 33.0 Å². The Balaban J connectivity index is 2.41. The molecule has 4 heteroatoms. The summed E-state index contributed by atoms with van der Waals surface area (Å²) in [5.74, 6) is -2.88. The van der Waals surface area contributed by atoms with Gasteiger partial charge < -0.3 is 4.74 Å². The number of hydrogen-bond donors (Lipinski definition) is 0. The number of halogens is 2. The Labute approximate surface area is 92.5 Å². The van der Waals surface area contributed by atoms with Crippen molar-refractivity contribution < 1.29 is 13.5 Å². The minimum absolute atomic E-state index is 0.0634. The van der Waals surface area contributed by atoms with Crippen molar-refractivity contribution in [2.24, 2.45) is 0 Å². The van der Waals surface area contributed by atoms with Gasteiger partial charge in [0.15, 0.2) is 0 Å². The molecule has 2 rings (SSSR count). The van der Waals surface area contributed by atoms with Crippen LogP contribution in [0.25, 0.3) is 0 Å². The molecule has 0 radical (unpaired) electrons. The van der Waals surface area contributed by atoms with Gasteiger partial charge in [0.2, 0.25) is 0 Å². The smallest absolute Gasteiger partial charge is 0.270 e. The van der Waals surface area contributed by atoms with Gasteiger partial charge in [-0.15, -0.1) is 0 Å². The number of rotatable bonds is 2. The minimum Gasteiger partial charge on any atom is -0.377 e. The van der Waals surface area contributed by atoms with Crippen LogP contribution in [0.5, 0.6) is 0 Å². The third kappa shape index (κ3) is 1.68. The highest BCUT2D eigenvalue weighted by Crippen LogP contribution is 2.35. The third-order valence-corrected chi connectivity index (χ3v) is 2.83. The van der Waals surface area contributed by atoms with E-state index in [4.69, 9.17) is 10.00 Å². The fourth-order valence-electron chi connectivity index (χ4n) is 1.69. The summed E-state index contributed by atoms with van der Waals surface area (Å²) in [6.45, 7) is 1.41. The molecular formula is C12H11F2NO. The molecule has 2 nitrogen and oxygen atoms in total. The molecule has 0 aliphatic carbocycles. The van der Waals surface area contributed by atoms with E-state index in [1.807, 2.05) is 0 Å². The van der Waals surface area contributed by atoms with Gasteiger partial charge in [0.25, 0.3) is 5.92 Å². The Kier molecular flexibility index (Phi) is 2.43. The molecule has 1 aliphatic heterocycles. The lowest BCUT2D eigenvalue weighted by Gasteiger charge is -2.35. The van der Waals surface area contributed by atoms with E-state index in [9.17, 15) is 8.78 Å². The van der Waals surface area contributed by atoms with Gasteiger partial charge in [-0.3, -0.25) is 0 Å². The number of nitrogens with zero attached hydrogens (tertiary/aromatic N) is 1. The average molecular weight is 223 g/mol. The molecule has 1 saturated heterocycles. The van der Waals surface area contributed by atoms with Crippen LogP contribution in [0.1, 0.15) is 18.1 Å². The van der Waals surface area contributed by atoms with Crippen LogP contribution in [-0.4, -0.2) is 13.2 Å². The van der Waals surface area contributed by atoms with Crippen molar-refractivity contribution in [2.75, 3.05) is 13.2 Å². The number of hydrogen-bond acceptors (Lipinski definition) is 2. The van der Waals surface area contributed by atoms with Crippen molar-refractivity contribution in [2.45, 2.75) is 18.3 Å². The van der Waals surface area contributed by atoms with Crippen LogP contribution in [0.4, 0.5) is 8.78 Å². The van der Waals surface area contributed by atoms with Gasteiger partial charge in [-0.25, -0.2) is 8.78 Å². The summed E-state index contributed by atoms with van der Waals surface area (Å²) in [6.07, 6.45) is 0. The van der Waals surface area contributed by atoms with Crippen molar-refractivity contribution in [1.82, 2.24) is 0 Å². The first-order chi connectivity index (χ1) is 7.48. The lowest BCUT2D eigenvalue weighted by atomic mass is 9.79. The fraction of sp³-hybridized carbons (Fsp3) is 0.417. The first kappa shape index (κ1) is 11.0. The zero-order valence-electron chi connectivity index (χ0n) is 8.84. The Morgan fingerprint density at radius 3 is 2.56 bits per heavy atom. The van der Waals surface area contributed by atoms with E-state index in [1.165, 1.54) is 12.1 Å². The second-order valence-corrected chi connectivity index (χ2v) is 4.16. The number of benzene rings is 1. The van der Waals surface area contributed by atoms with Crippen LogP contribution in [0, 0.1) is 11.3 Å². The molecule has 1 aliphatic rings. The highest BCUT2D eigenvalue weighted by molar-refractivity contribution is 5.38. The van der Waals surface area contributed by atoms with Crippen molar-refractivity contribution in [3.63, 3.8) is 0 Å². The molecule has 1 fully saturated rings. The predicted octanol–water partition coefficient (Wildman–Crippen LogP) is 2.59. The maximum atomic E-state index is 13.1. The maximum Gasteiger partial charge on any atom is 0.270 e. The summed E-state index contributed by atoms with van der Waals surface area (Å²) in [5.41, 5.74) is -0.187. The number of nitriles is 1. The van der Waals surface area contributed by atoms with Crippen molar-refractivity contribution in [3.05, 3.63) is 35.4 Å². The van der Waals surface area contributed by atoms with E-state index in [0.717, 1.165) is 6.92 Å². The summed E-state index contributed by atoms with van der Waals surface area (Å²) in [4.78, 5) is 0. The summed E-state index contributed by atoms with van der Waals surface area (Å²) in [7, 11) is 0. The molecule has 0 saturated carbocycles. The molecule has 0 unspecified atom stereocenters. The van der Waals surface area contributed by atoms with Crippen LogP contribution in [0.3, 0.4) is 0 Å². The zero-order chi connectivity index (χ0) is 11.8. The van der Waals surface area contributed by atoms with Crippen molar-refractivity contribution >= 4 is 0 Å². The Morgan fingerprint density at radius 2 is 2.12 bits per heavy atom. The van der Waals surface area contributed by atoms with E-state index in [2.05, 4.69) is 6.07 Å². The van der Waals surface area contributed by atoms with E-state index in [-0.39, 0.29) is 18.8 Å². The number of alkyl halides is 2. The Morgan fingerprint density at radius 1 is 1.44 bits per heavy atom. The van der Waals surface area contributed by atoms with Gasteiger partial charge in [0.05, 0.1) is 19.3 Å². The highest BCUT2D eigenvalue weighted by atomic mass is 19.3.